The van der Waals surface area contributed by atoms with Gasteiger partial charge in [0.15, 0.2) is 0 Å². The van der Waals surface area contributed by atoms with Crippen molar-refractivity contribution in [3.8, 4) is 22.5 Å². The van der Waals surface area contributed by atoms with E-state index in [9.17, 15) is 26.3 Å². The summed E-state index contributed by atoms with van der Waals surface area (Å²) in [5.41, 5.74) is 4.00. The van der Waals surface area contributed by atoms with Crippen molar-refractivity contribution in [3.63, 3.8) is 0 Å². The van der Waals surface area contributed by atoms with Crippen LogP contribution in [0, 0.1) is 13.8 Å². The molecule has 0 bridgehead atoms. The molecule has 2 nitrogen and oxygen atoms in total. The van der Waals surface area contributed by atoms with Crippen molar-refractivity contribution >= 4 is 43.6 Å². The molecule has 238 valence electrons. The van der Waals surface area contributed by atoms with Crippen molar-refractivity contribution in [1.82, 2.24) is 9.13 Å². The van der Waals surface area contributed by atoms with Crippen LogP contribution in [-0.2, 0) is 12.4 Å². The second kappa shape index (κ2) is 10.5. The summed E-state index contributed by atoms with van der Waals surface area (Å²) in [6.45, 7) is 3.36. The average molecular weight is 649 g/mol. The number of halogens is 6. The Morgan fingerprint density at radius 1 is 0.396 bits per heavy atom. The van der Waals surface area contributed by atoms with E-state index < -0.39 is 23.5 Å². The summed E-state index contributed by atoms with van der Waals surface area (Å²) >= 11 is 0. The minimum absolute atomic E-state index is 0.0904. The van der Waals surface area contributed by atoms with Crippen molar-refractivity contribution in [1.29, 1.82) is 0 Å². The van der Waals surface area contributed by atoms with Gasteiger partial charge in [-0.25, -0.2) is 0 Å². The molecule has 0 aliphatic heterocycles. The Morgan fingerprint density at radius 2 is 0.771 bits per heavy atom. The SMILES string of the molecule is Cc1cccc(C(F)(F)F)c1-n1c2ccccc2c2cc(-c3ccc4c(c3)c3ccccc3n4-c3c(C)cccc3C(F)(F)F)ccc21. The molecular formula is C40H26F6N2. The standard InChI is InChI=1S/C40H26F6N2/c1-23-9-7-13-31(39(41,42)43)37(23)47-33-15-5-3-11-27(33)29-21-25(17-19-35(29)47)26-18-20-36-30(22-26)28-12-4-6-16-34(28)48(36)38-24(2)10-8-14-32(38)40(44,45)46/h3-22H,1-2H3. The van der Waals surface area contributed by atoms with E-state index in [0.717, 1.165) is 44.8 Å². The number of alkyl halides is 6. The van der Waals surface area contributed by atoms with E-state index in [1.54, 1.807) is 35.1 Å². The zero-order valence-corrected chi connectivity index (χ0v) is 25.7. The number of benzene rings is 6. The summed E-state index contributed by atoms with van der Waals surface area (Å²) in [4.78, 5) is 0. The summed E-state index contributed by atoms with van der Waals surface area (Å²) in [5, 5.41) is 3.19. The third-order valence-corrected chi connectivity index (χ3v) is 9.21. The molecule has 0 fully saturated rings. The Balaban J connectivity index is 1.37. The van der Waals surface area contributed by atoms with Crippen LogP contribution in [0.4, 0.5) is 26.3 Å². The van der Waals surface area contributed by atoms with Gasteiger partial charge < -0.3 is 9.13 Å². The van der Waals surface area contributed by atoms with Gasteiger partial charge in [-0.1, -0.05) is 72.8 Å². The predicted octanol–water partition coefficient (Wildman–Crippen LogP) is 12.2. The highest BCUT2D eigenvalue weighted by Gasteiger charge is 2.36. The number of rotatable bonds is 3. The number of fused-ring (bicyclic) bond motifs is 6. The average Bonchev–Trinajstić information content (AvgIpc) is 3.56. The zero-order valence-electron chi connectivity index (χ0n) is 25.7. The fourth-order valence-corrected chi connectivity index (χ4v) is 7.16. The third-order valence-electron chi connectivity index (χ3n) is 9.21. The summed E-state index contributed by atoms with van der Waals surface area (Å²) in [6.07, 6.45) is -9.10. The van der Waals surface area contributed by atoms with Crippen LogP contribution in [-0.4, -0.2) is 9.13 Å². The lowest BCUT2D eigenvalue weighted by atomic mass is 10.0. The lowest BCUT2D eigenvalue weighted by Crippen LogP contribution is -2.12. The second-order valence-electron chi connectivity index (χ2n) is 12.1. The molecule has 0 saturated heterocycles. The molecule has 8 heteroatoms. The van der Waals surface area contributed by atoms with E-state index in [4.69, 9.17) is 0 Å². The number of hydrogen-bond donors (Lipinski definition) is 0. The molecule has 0 radical (unpaired) electrons. The third kappa shape index (κ3) is 4.50. The smallest absolute Gasteiger partial charge is 0.308 e. The first-order valence-electron chi connectivity index (χ1n) is 15.3. The lowest BCUT2D eigenvalue weighted by Gasteiger charge is -2.18. The lowest BCUT2D eigenvalue weighted by molar-refractivity contribution is -0.138. The van der Waals surface area contributed by atoms with Gasteiger partial charge in [-0.15, -0.1) is 0 Å². The van der Waals surface area contributed by atoms with Gasteiger partial charge in [0, 0.05) is 21.5 Å². The molecular weight excluding hydrogens is 622 g/mol. The van der Waals surface area contributed by atoms with Gasteiger partial charge in [-0.05, 0) is 84.6 Å². The second-order valence-corrected chi connectivity index (χ2v) is 12.1. The molecule has 0 aliphatic rings. The van der Waals surface area contributed by atoms with Crippen LogP contribution >= 0.6 is 0 Å². The van der Waals surface area contributed by atoms with Crippen LogP contribution in [0.1, 0.15) is 22.3 Å². The summed E-state index contributed by atoms with van der Waals surface area (Å²) < 4.78 is 89.1. The molecule has 8 aromatic rings. The van der Waals surface area contributed by atoms with Crippen LogP contribution in [0.2, 0.25) is 0 Å². The molecule has 0 aliphatic carbocycles. The molecule has 0 atom stereocenters. The van der Waals surface area contributed by atoms with Crippen LogP contribution in [0.25, 0.3) is 66.1 Å². The number of hydrogen-bond acceptors (Lipinski definition) is 0. The topological polar surface area (TPSA) is 9.86 Å². The quantitative estimate of drug-likeness (QED) is 0.169. The van der Waals surface area contributed by atoms with Crippen molar-refractivity contribution in [2.24, 2.45) is 0 Å². The molecule has 6 aromatic carbocycles. The van der Waals surface area contributed by atoms with E-state index >= 15 is 0 Å². The summed E-state index contributed by atoms with van der Waals surface area (Å²) in [5.74, 6) is 0. The monoisotopic (exact) mass is 648 g/mol. The number of para-hydroxylation sites is 4. The molecule has 0 N–H and O–H groups in total. The van der Waals surface area contributed by atoms with Crippen molar-refractivity contribution in [2.45, 2.75) is 26.2 Å². The largest absolute Gasteiger partial charge is 0.418 e. The van der Waals surface area contributed by atoms with Crippen molar-refractivity contribution in [2.75, 3.05) is 0 Å². The van der Waals surface area contributed by atoms with Crippen LogP contribution in [0.3, 0.4) is 0 Å². The molecule has 0 saturated carbocycles. The van der Waals surface area contributed by atoms with Crippen molar-refractivity contribution < 1.29 is 26.3 Å². The fraction of sp³-hybridized carbons (Fsp3) is 0.100. The highest BCUT2D eigenvalue weighted by molar-refractivity contribution is 6.13. The van der Waals surface area contributed by atoms with Gasteiger partial charge in [0.2, 0.25) is 0 Å². The van der Waals surface area contributed by atoms with Gasteiger partial charge in [0.25, 0.3) is 0 Å². The summed E-state index contributed by atoms with van der Waals surface area (Å²) in [7, 11) is 0. The minimum atomic E-state index is -4.55. The number of nitrogens with zero attached hydrogens (tertiary/aromatic N) is 2. The highest BCUT2D eigenvalue weighted by atomic mass is 19.4. The van der Waals surface area contributed by atoms with Gasteiger partial charge in [-0.3, -0.25) is 0 Å². The minimum Gasteiger partial charge on any atom is -0.308 e. The fourth-order valence-electron chi connectivity index (χ4n) is 7.16. The zero-order chi connectivity index (χ0) is 33.5. The van der Waals surface area contributed by atoms with Crippen LogP contribution < -0.4 is 0 Å². The van der Waals surface area contributed by atoms with E-state index in [1.807, 2.05) is 84.9 Å². The van der Waals surface area contributed by atoms with E-state index in [-0.39, 0.29) is 11.4 Å². The molecule has 0 amide bonds. The first-order valence-corrected chi connectivity index (χ1v) is 15.3. The maximum absolute atomic E-state index is 14.3. The molecule has 8 rings (SSSR count). The maximum atomic E-state index is 14.3. The summed E-state index contributed by atoms with van der Waals surface area (Å²) in [6, 6.07) is 34.6. The molecule has 2 aromatic heterocycles. The molecule has 48 heavy (non-hydrogen) atoms. The first-order chi connectivity index (χ1) is 22.9. The normalized spacial score (nSPS) is 12.6. The number of aryl methyl sites for hydroxylation is 2. The Kier molecular flexibility index (Phi) is 6.54. The highest BCUT2D eigenvalue weighted by Crippen LogP contribution is 2.43. The van der Waals surface area contributed by atoms with E-state index in [0.29, 0.717) is 33.2 Å². The van der Waals surface area contributed by atoms with E-state index in [1.165, 1.54) is 12.1 Å². The van der Waals surface area contributed by atoms with E-state index in [2.05, 4.69) is 0 Å². The maximum Gasteiger partial charge on any atom is 0.418 e. The van der Waals surface area contributed by atoms with Crippen LogP contribution in [0.15, 0.2) is 121 Å². The van der Waals surface area contributed by atoms with Crippen LogP contribution in [0.5, 0.6) is 0 Å². The Morgan fingerprint density at radius 3 is 1.17 bits per heavy atom. The van der Waals surface area contributed by atoms with Gasteiger partial charge in [0.05, 0.1) is 44.6 Å². The van der Waals surface area contributed by atoms with Gasteiger partial charge in [0.1, 0.15) is 0 Å². The first kappa shape index (κ1) is 29.9. The molecule has 0 unspecified atom stereocenters. The predicted molar refractivity (Wildman–Crippen MR) is 180 cm³/mol. The number of aromatic nitrogens is 2. The van der Waals surface area contributed by atoms with Gasteiger partial charge in [-0.2, -0.15) is 26.3 Å². The molecule has 0 spiro atoms. The Labute approximate surface area is 271 Å². The van der Waals surface area contributed by atoms with Crippen molar-refractivity contribution in [3.05, 3.63) is 144 Å². The van der Waals surface area contributed by atoms with Gasteiger partial charge >= 0.3 is 12.4 Å². The molecule has 2 heterocycles. The Hall–Kier alpha value is -5.50. The Bertz CT molecular complexity index is 2390.